The Morgan fingerprint density at radius 1 is 1.15 bits per heavy atom. The van der Waals surface area contributed by atoms with Crippen molar-refractivity contribution in [2.45, 2.75) is 64.9 Å². The molecule has 3 fully saturated rings. The van der Waals surface area contributed by atoms with Crippen LogP contribution < -0.4 is 0 Å². The van der Waals surface area contributed by atoms with Crippen molar-refractivity contribution in [3.8, 4) is 0 Å². The van der Waals surface area contributed by atoms with E-state index >= 15 is 0 Å². The molecule has 0 bridgehead atoms. The Balaban J connectivity index is 1.71. The highest BCUT2D eigenvalue weighted by molar-refractivity contribution is 5.93. The molecule has 4 aliphatic rings. The molecule has 0 aliphatic heterocycles. The smallest absolute Gasteiger partial charge is 0.303 e. The van der Waals surface area contributed by atoms with Gasteiger partial charge in [0.25, 0.3) is 0 Å². The minimum Gasteiger partial charge on any atom is -0.446 e. The van der Waals surface area contributed by atoms with Crippen LogP contribution in [0.2, 0.25) is 0 Å². The average molecular weight is 370 g/mol. The number of hydrogen-bond acceptors (Lipinski definition) is 4. The minimum absolute atomic E-state index is 0.0944. The lowest BCUT2D eigenvalue weighted by atomic mass is 9.49. The molecule has 0 aromatic heterocycles. The molecule has 4 aliphatic carbocycles. The monoisotopic (exact) mass is 370 g/mol. The van der Waals surface area contributed by atoms with E-state index in [1.807, 2.05) is 0 Å². The Bertz CT molecular complexity index is 749. The Labute approximate surface area is 161 Å². The molecule has 27 heavy (non-hydrogen) atoms. The Morgan fingerprint density at radius 3 is 2.56 bits per heavy atom. The molecule has 0 heterocycles. The number of allylic oxidation sites excluding steroid dienone is 2. The lowest BCUT2D eigenvalue weighted by Crippen LogP contribution is -2.58. The molecule has 1 unspecified atom stereocenters. The van der Waals surface area contributed by atoms with Crippen molar-refractivity contribution in [2.24, 2.45) is 35.0 Å². The van der Waals surface area contributed by atoms with E-state index in [4.69, 9.17) is 4.74 Å². The Hall–Kier alpha value is -1.71. The van der Waals surface area contributed by atoms with Crippen LogP contribution in [0.4, 0.5) is 0 Å². The zero-order chi connectivity index (χ0) is 19.6. The molecule has 146 valence electrons. The van der Waals surface area contributed by atoms with Gasteiger partial charge in [-0.1, -0.05) is 19.6 Å². The standard InChI is InChI=1S/C23H30O4/c1-13-11-21-20-7-5-16-12-17(26)6-8-18(16)19(20)9-10-22(21,4)23(13,14(2)24)27-15(3)25/h6,8,16,18-21H,1,5,7,9-12H2,2-4H3/t16?,18-,19-,20-,21+,22+,23+/m1/s1. The van der Waals surface area contributed by atoms with Gasteiger partial charge in [-0.15, -0.1) is 0 Å². The van der Waals surface area contributed by atoms with Gasteiger partial charge in [0, 0.05) is 18.8 Å². The number of carbonyl (C=O) groups excluding carboxylic acids is 3. The van der Waals surface area contributed by atoms with Gasteiger partial charge in [-0.3, -0.25) is 14.4 Å². The summed E-state index contributed by atoms with van der Waals surface area (Å²) in [5, 5.41) is 0. The second-order valence-electron chi connectivity index (χ2n) is 9.47. The third-order valence-corrected chi connectivity index (χ3v) is 8.32. The number of ether oxygens (including phenoxy) is 1. The van der Waals surface area contributed by atoms with Crippen LogP contribution in [-0.4, -0.2) is 23.1 Å². The fraction of sp³-hybridized carbons (Fsp3) is 0.696. The molecule has 7 atom stereocenters. The summed E-state index contributed by atoms with van der Waals surface area (Å²) in [5.41, 5.74) is -0.789. The van der Waals surface area contributed by atoms with E-state index in [2.05, 4.69) is 19.6 Å². The number of esters is 1. The maximum absolute atomic E-state index is 12.8. The summed E-state index contributed by atoms with van der Waals surface area (Å²) in [4.78, 5) is 36.6. The molecular formula is C23H30O4. The fourth-order valence-electron chi connectivity index (χ4n) is 7.32. The van der Waals surface area contributed by atoms with Crippen LogP contribution in [0.5, 0.6) is 0 Å². The van der Waals surface area contributed by atoms with Gasteiger partial charge >= 0.3 is 5.97 Å². The van der Waals surface area contributed by atoms with Crippen LogP contribution >= 0.6 is 0 Å². The topological polar surface area (TPSA) is 60.4 Å². The van der Waals surface area contributed by atoms with E-state index in [0.29, 0.717) is 36.0 Å². The highest BCUT2D eigenvalue weighted by atomic mass is 16.6. The summed E-state index contributed by atoms with van der Waals surface area (Å²) >= 11 is 0. The molecule has 0 amide bonds. The summed E-state index contributed by atoms with van der Waals surface area (Å²) in [6.07, 6.45) is 9.41. The molecule has 4 nitrogen and oxygen atoms in total. The number of hydrogen-bond donors (Lipinski definition) is 0. The first-order valence-electron chi connectivity index (χ1n) is 10.3. The van der Waals surface area contributed by atoms with Gasteiger partial charge in [0.15, 0.2) is 17.2 Å². The highest BCUT2D eigenvalue weighted by Crippen LogP contribution is 2.67. The minimum atomic E-state index is -1.18. The summed E-state index contributed by atoms with van der Waals surface area (Å²) in [5.74, 6) is 2.06. The van der Waals surface area contributed by atoms with Crippen molar-refractivity contribution in [1.29, 1.82) is 0 Å². The largest absolute Gasteiger partial charge is 0.446 e. The van der Waals surface area contributed by atoms with Gasteiger partial charge in [0.2, 0.25) is 0 Å². The molecule has 4 heteroatoms. The quantitative estimate of drug-likeness (QED) is 0.544. The van der Waals surface area contributed by atoms with Crippen molar-refractivity contribution in [2.75, 3.05) is 0 Å². The van der Waals surface area contributed by atoms with Gasteiger partial charge in [0.1, 0.15) is 0 Å². The lowest BCUT2D eigenvalue weighted by molar-refractivity contribution is -0.181. The third kappa shape index (κ3) is 2.44. The number of fused-ring (bicyclic) bond motifs is 5. The fourth-order valence-corrected chi connectivity index (χ4v) is 7.32. The van der Waals surface area contributed by atoms with Gasteiger partial charge in [0.05, 0.1) is 0 Å². The van der Waals surface area contributed by atoms with Crippen molar-refractivity contribution in [1.82, 2.24) is 0 Å². The molecule has 0 radical (unpaired) electrons. The second kappa shape index (κ2) is 6.15. The summed E-state index contributed by atoms with van der Waals surface area (Å²) in [6, 6.07) is 0. The lowest BCUT2D eigenvalue weighted by Gasteiger charge is -2.56. The van der Waals surface area contributed by atoms with E-state index < -0.39 is 11.6 Å². The van der Waals surface area contributed by atoms with Gasteiger partial charge in [-0.2, -0.15) is 0 Å². The average Bonchev–Trinajstić information content (AvgIpc) is 2.82. The summed E-state index contributed by atoms with van der Waals surface area (Å²) in [6.45, 7) is 9.29. The van der Waals surface area contributed by atoms with Crippen molar-refractivity contribution < 1.29 is 19.1 Å². The predicted molar refractivity (Wildman–Crippen MR) is 102 cm³/mol. The zero-order valence-corrected chi connectivity index (χ0v) is 16.6. The number of ketones is 2. The molecule has 0 aromatic carbocycles. The number of carbonyl (C=O) groups is 3. The number of rotatable bonds is 2. The first kappa shape index (κ1) is 18.6. The second-order valence-corrected chi connectivity index (χ2v) is 9.47. The van der Waals surface area contributed by atoms with Crippen LogP contribution in [0.25, 0.3) is 0 Å². The first-order chi connectivity index (χ1) is 12.7. The molecular weight excluding hydrogens is 340 g/mol. The van der Waals surface area contributed by atoms with E-state index in [9.17, 15) is 14.4 Å². The first-order valence-corrected chi connectivity index (χ1v) is 10.3. The van der Waals surface area contributed by atoms with E-state index in [0.717, 1.165) is 37.7 Å². The van der Waals surface area contributed by atoms with Crippen LogP contribution in [0, 0.1) is 35.0 Å². The Kier molecular flexibility index (Phi) is 4.25. The maximum atomic E-state index is 12.8. The molecule has 0 saturated heterocycles. The number of Topliss-reactive ketones (excluding diaryl/α,β-unsaturated/α-hetero) is 1. The Morgan fingerprint density at radius 2 is 1.89 bits per heavy atom. The van der Waals surface area contributed by atoms with Crippen molar-refractivity contribution in [3.63, 3.8) is 0 Å². The normalized spacial score (nSPS) is 45.7. The SMILES string of the molecule is C=C1C[C@H]2[C@@H]3CCC4CC(=O)C=C[C@H]4[C@H]3CC[C@]2(C)[C@@]1(OC(C)=O)C(C)=O. The summed E-state index contributed by atoms with van der Waals surface area (Å²) in [7, 11) is 0. The maximum Gasteiger partial charge on any atom is 0.303 e. The van der Waals surface area contributed by atoms with Crippen LogP contribution in [0.15, 0.2) is 24.3 Å². The van der Waals surface area contributed by atoms with Crippen molar-refractivity contribution in [3.05, 3.63) is 24.3 Å². The molecule has 4 rings (SSSR count). The summed E-state index contributed by atoms with van der Waals surface area (Å²) < 4.78 is 5.80. The molecule has 0 spiro atoms. The van der Waals surface area contributed by atoms with E-state index in [1.54, 1.807) is 13.0 Å². The highest BCUT2D eigenvalue weighted by Gasteiger charge is 2.68. The molecule has 0 N–H and O–H groups in total. The van der Waals surface area contributed by atoms with Crippen LogP contribution in [0.3, 0.4) is 0 Å². The van der Waals surface area contributed by atoms with Crippen molar-refractivity contribution >= 4 is 17.5 Å². The molecule has 0 aromatic rings. The molecule has 3 saturated carbocycles. The van der Waals surface area contributed by atoms with Gasteiger partial charge in [-0.05, 0) is 80.3 Å². The van der Waals surface area contributed by atoms with Gasteiger partial charge < -0.3 is 4.74 Å². The zero-order valence-electron chi connectivity index (χ0n) is 16.6. The third-order valence-electron chi connectivity index (χ3n) is 8.32. The van der Waals surface area contributed by atoms with Crippen LogP contribution in [-0.2, 0) is 19.1 Å². The van der Waals surface area contributed by atoms with E-state index in [1.165, 1.54) is 6.92 Å². The van der Waals surface area contributed by atoms with Gasteiger partial charge in [-0.25, -0.2) is 0 Å². The predicted octanol–water partition coefficient (Wildman–Crippen LogP) is 4.04. The van der Waals surface area contributed by atoms with E-state index in [-0.39, 0.29) is 17.0 Å². The van der Waals surface area contributed by atoms with Crippen LogP contribution in [0.1, 0.15) is 59.3 Å².